The third-order valence-corrected chi connectivity index (χ3v) is 6.98. The van der Waals surface area contributed by atoms with Crippen molar-refractivity contribution in [3.05, 3.63) is 53.7 Å². The fourth-order valence-electron chi connectivity index (χ4n) is 4.80. The number of nitrogens with zero attached hydrogens (tertiary/aromatic N) is 6. The molecule has 10 nitrogen and oxygen atoms in total. The summed E-state index contributed by atoms with van der Waals surface area (Å²) >= 11 is 0. The van der Waals surface area contributed by atoms with E-state index in [0.717, 1.165) is 36.8 Å². The number of nitrogen functional groups attached to an aromatic ring is 1. The number of piperazine rings is 1. The molecule has 0 bridgehead atoms. The molecule has 0 saturated carbocycles. The summed E-state index contributed by atoms with van der Waals surface area (Å²) in [7, 11) is 0. The van der Waals surface area contributed by atoms with Gasteiger partial charge in [-0.1, -0.05) is 12.1 Å². The Bertz CT molecular complexity index is 1360. The lowest BCUT2D eigenvalue weighted by atomic mass is 10.0. The summed E-state index contributed by atoms with van der Waals surface area (Å²) in [6.07, 6.45) is 0.211. The largest absolute Gasteiger partial charge is 0.465 e. The van der Waals surface area contributed by atoms with E-state index in [1.807, 2.05) is 24.3 Å². The highest BCUT2D eigenvalue weighted by Gasteiger charge is 2.31. The molecule has 37 heavy (non-hydrogen) atoms. The predicted molar refractivity (Wildman–Crippen MR) is 137 cm³/mol. The molecule has 4 heterocycles. The first-order chi connectivity index (χ1) is 17.7. The van der Waals surface area contributed by atoms with E-state index in [0.29, 0.717) is 22.9 Å². The third-order valence-electron chi connectivity index (χ3n) is 6.98. The molecule has 3 N–H and O–H groups in total. The number of rotatable bonds is 4. The van der Waals surface area contributed by atoms with Gasteiger partial charge in [0.15, 0.2) is 5.82 Å². The van der Waals surface area contributed by atoms with E-state index in [2.05, 4.69) is 38.6 Å². The molecule has 3 aromatic rings. The van der Waals surface area contributed by atoms with Crippen LogP contribution in [0.2, 0.25) is 0 Å². The normalized spacial score (nSPS) is 16.3. The second kappa shape index (κ2) is 9.74. The van der Waals surface area contributed by atoms with Gasteiger partial charge in [0.1, 0.15) is 5.82 Å². The van der Waals surface area contributed by atoms with Crippen LogP contribution in [0.5, 0.6) is 0 Å². The summed E-state index contributed by atoms with van der Waals surface area (Å²) in [4.78, 5) is 41.7. The molecule has 1 aromatic carbocycles. The average Bonchev–Trinajstić information content (AvgIpc) is 2.89. The fraction of sp³-hybridized carbons (Fsp3) is 0.346. The summed E-state index contributed by atoms with van der Waals surface area (Å²) in [5.74, 6) is -1.25. The van der Waals surface area contributed by atoms with Crippen LogP contribution in [0.4, 0.5) is 20.7 Å². The van der Waals surface area contributed by atoms with Crippen molar-refractivity contribution in [1.82, 2.24) is 24.8 Å². The Morgan fingerprint density at radius 2 is 1.73 bits per heavy atom. The second-order valence-electron chi connectivity index (χ2n) is 9.47. The summed E-state index contributed by atoms with van der Waals surface area (Å²) in [6, 6.07) is 9.76. The molecule has 0 unspecified atom stereocenters. The SMILES string of the molecule is CC(C)N1CCN(c2ccc(-c3cc(-c4ncc5c(n4)CCN(C(=O)O)C5=O)c(N)nc3F)cc2)CC1. The average molecular weight is 506 g/mol. The van der Waals surface area contributed by atoms with Gasteiger partial charge in [-0.25, -0.2) is 24.6 Å². The first-order valence-electron chi connectivity index (χ1n) is 12.2. The van der Waals surface area contributed by atoms with Gasteiger partial charge >= 0.3 is 6.09 Å². The number of carboxylic acid groups (broad SMARTS) is 1. The minimum absolute atomic E-state index is 0.00110. The summed E-state index contributed by atoms with van der Waals surface area (Å²) in [5.41, 5.74) is 8.87. The fourth-order valence-corrected chi connectivity index (χ4v) is 4.80. The number of halogens is 1. The molecule has 5 rings (SSSR count). The number of nitrogens with two attached hydrogens (primary N) is 1. The molecule has 2 amide bonds. The van der Waals surface area contributed by atoms with Crippen LogP contribution < -0.4 is 10.6 Å². The number of fused-ring (bicyclic) bond motifs is 1. The molecular weight excluding hydrogens is 477 g/mol. The van der Waals surface area contributed by atoms with E-state index >= 15 is 0 Å². The van der Waals surface area contributed by atoms with Crippen LogP contribution in [0.3, 0.4) is 0 Å². The van der Waals surface area contributed by atoms with E-state index < -0.39 is 17.9 Å². The zero-order valence-corrected chi connectivity index (χ0v) is 20.7. The van der Waals surface area contributed by atoms with E-state index in [1.165, 1.54) is 6.20 Å². The Balaban J connectivity index is 1.41. The Hall–Kier alpha value is -4.12. The number of pyridine rings is 1. The topological polar surface area (TPSA) is 129 Å². The maximum absolute atomic E-state index is 14.9. The number of hydrogen-bond acceptors (Lipinski definition) is 8. The van der Waals surface area contributed by atoms with Crippen molar-refractivity contribution in [1.29, 1.82) is 0 Å². The van der Waals surface area contributed by atoms with E-state index in [9.17, 15) is 19.1 Å². The number of carbonyl (C=O) groups is 2. The van der Waals surface area contributed by atoms with Crippen LogP contribution in [0.15, 0.2) is 36.5 Å². The van der Waals surface area contributed by atoms with Crippen LogP contribution in [-0.4, -0.2) is 80.6 Å². The van der Waals surface area contributed by atoms with Crippen LogP contribution in [-0.2, 0) is 6.42 Å². The number of imide groups is 1. The van der Waals surface area contributed by atoms with Crippen LogP contribution >= 0.6 is 0 Å². The van der Waals surface area contributed by atoms with Gasteiger partial charge in [-0.3, -0.25) is 9.69 Å². The highest BCUT2D eigenvalue weighted by molar-refractivity contribution is 6.04. The monoisotopic (exact) mass is 505 g/mol. The van der Waals surface area contributed by atoms with Crippen LogP contribution in [0.25, 0.3) is 22.5 Å². The zero-order valence-electron chi connectivity index (χ0n) is 20.7. The van der Waals surface area contributed by atoms with Crippen molar-refractivity contribution in [2.45, 2.75) is 26.3 Å². The van der Waals surface area contributed by atoms with Crippen LogP contribution in [0, 0.1) is 5.95 Å². The minimum atomic E-state index is -1.32. The smallest absolute Gasteiger partial charge is 0.414 e. The second-order valence-corrected chi connectivity index (χ2v) is 9.47. The number of hydrogen-bond donors (Lipinski definition) is 2. The molecule has 1 saturated heterocycles. The predicted octanol–water partition coefficient (Wildman–Crippen LogP) is 3.13. The number of carbonyl (C=O) groups excluding carboxylic acids is 1. The van der Waals surface area contributed by atoms with Gasteiger partial charge in [0.05, 0.1) is 16.8 Å². The van der Waals surface area contributed by atoms with Gasteiger partial charge in [-0.15, -0.1) is 0 Å². The highest BCUT2D eigenvalue weighted by Crippen LogP contribution is 2.32. The molecule has 2 aliphatic heterocycles. The number of benzene rings is 1. The number of amides is 2. The van der Waals surface area contributed by atoms with Crippen molar-refractivity contribution in [2.75, 3.05) is 43.4 Å². The third kappa shape index (κ3) is 4.69. The first kappa shape index (κ1) is 24.6. The lowest BCUT2D eigenvalue weighted by molar-refractivity contribution is 0.0725. The van der Waals surface area contributed by atoms with Gasteiger partial charge in [0.25, 0.3) is 5.91 Å². The van der Waals surface area contributed by atoms with Gasteiger partial charge in [-0.05, 0) is 37.6 Å². The lowest BCUT2D eigenvalue weighted by Crippen LogP contribution is -2.48. The summed E-state index contributed by atoms with van der Waals surface area (Å²) < 4.78 is 14.9. The quantitative estimate of drug-likeness (QED) is 0.514. The molecule has 1 fully saturated rings. The Kier molecular flexibility index (Phi) is 6.46. The number of anilines is 2. The van der Waals surface area contributed by atoms with Gasteiger partial charge in [0.2, 0.25) is 5.95 Å². The maximum Gasteiger partial charge on any atom is 0.414 e. The lowest BCUT2D eigenvalue weighted by Gasteiger charge is -2.38. The van der Waals surface area contributed by atoms with Gasteiger partial charge < -0.3 is 15.7 Å². The molecule has 0 spiro atoms. The van der Waals surface area contributed by atoms with Crippen molar-refractivity contribution in [3.8, 4) is 22.5 Å². The summed E-state index contributed by atoms with van der Waals surface area (Å²) in [5, 5.41) is 9.19. The van der Waals surface area contributed by atoms with Crippen molar-refractivity contribution in [2.24, 2.45) is 0 Å². The Morgan fingerprint density at radius 3 is 2.38 bits per heavy atom. The van der Waals surface area contributed by atoms with E-state index in [-0.39, 0.29) is 35.7 Å². The standard InChI is InChI=1S/C26H28FN7O3/c1-15(2)32-9-11-33(12-10-32)17-5-3-16(4-6-17)18-13-19(23(28)31-22(18)27)24-29-14-20-21(30-24)7-8-34(25(20)35)26(36)37/h3-6,13-15H,7-12H2,1-2H3,(H2,28,31)(H,36,37). The molecule has 2 aliphatic rings. The Morgan fingerprint density at radius 1 is 1.03 bits per heavy atom. The molecular formula is C26H28FN7O3. The zero-order chi connectivity index (χ0) is 26.3. The van der Waals surface area contributed by atoms with Gasteiger partial charge in [-0.2, -0.15) is 4.39 Å². The van der Waals surface area contributed by atoms with E-state index in [1.54, 1.807) is 6.07 Å². The van der Waals surface area contributed by atoms with Crippen molar-refractivity contribution in [3.63, 3.8) is 0 Å². The van der Waals surface area contributed by atoms with Crippen LogP contribution in [0.1, 0.15) is 29.9 Å². The molecule has 2 aromatic heterocycles. The minimum Gasteiger partial charge on any atom is -0.465 e. The van der Waals surface area contributed by atoms with E-state index in [4.69, 9.17) is 5.73 Å². The summed E-state index contributed by atoms with van der Waals surface area (Å²) in [6.45, 7) is 8.27. The maximum atomic E-state index is 14.9. The molecule has 192 valence electrons. The Labute approximate surface area is 213 Å². The molecule has 0 atom stereocenters. The molecule has 0 radical (unpaired) electrons. The highest BCUT2D eigenvalue weighted by atomic mass is 19.1. The number of aromatic nitrogens is 3. The van der Waals surface area contributed by atoms with Crippen molar-refractivity contribution < 1.29 is 19.1 Å². The molecule has 0 aliphatic carbocycles. The first-order valence-corrected chi connectivity index (χ1v) is 12.2. The van der Waals surface area contributed by atoms with Gasteiger partial charge in [0, 0.05) is 62.6 Å². The van der Waals surface area contributed by atoms with Crippen molar-refractivity contribution >= 4 is 23.5 Å². The molecule has 11 heteroatoms.